The summed E-state index contributed by atoms with van der Waals surface area (Å²) < 4.78 is 16.4. The Hall–Kier alpha value is -1.95. The Balaban J connectivity index is 1.66. The molecule has 3 rings (SSSR count). The molecule has 6 nitrogen and oxygen atoms in total. The summed E-state index contributed by atoms with van der Waals surface area (Å²) in [6.07, 6.45) is 3.04. The number of hydrogen-bond acceptors (Lipinski definition) is 4. The van der Waals surface area contributed by atoms with Crippen LogP contribution in [0.5, 0.6) is 11.5 Å². The molecule has 0 spiro atoms. The van der Waals surface area contributed by atoms with Crippen molar-refractivity contribution in [1.82, 2.24) is 10.2 Å². The highest BCUT2D eigenvalue weighted by atomic mass is 16.5. The number of benzene rings is 1. The summed E-state index contributed by atoms with van der Waals surface area (Å²) in [6.45, 7) is 4.09. The lowest BCUT2D eigenvalue weighted by atomic mass is 9.99. The van der Waals surface area contributed by atoms with Gasteiger partial charge in [0.05, 0.1) is 26.4 Å². The van der Waals surface area contributed by atoms with E-state index in [2.05, 4.69) is 5.32 Å². The van der Waals surface area contributed by atoms with Gasteiger partial charge in [-0.3, -0.25) is 0 Å². The number of nitrogens with one attached hydrogen (secondary N) is 1. The van der Waals surface area contributed by atoms with Crippen molar-refractivity contribution in [2.24, 2.45) is 0 Å². The van der Waals surface area contributed by atoms with Gasteiger partial charge in [0.2, 0.25) is 0 Å². The number of carbonyl (C=O) groups is 1. The molecule has 1 aromatic carbocycles. The maximum absolute atomic E-state index is 12.6. The number of amides is 2. The topological polar surface area (TPSA) is 60.0 Å². The van der Waals surface area contributed by atoms with Crippen molar-refractivity contribution in [3.05, 3.63) is 23.3 Å². The van der Waals surface area contributed by atoms with E-state index in [1.807, 2.05) is 24.0 Å². The smallest absolute Gasteiger partial charge is 0.318 e. The molecule has 0 aromatic heterocycles. The van der Waals surface area contributed by atoms with Gasteiger partial charge in [0.1, 0.15) is 0 Å². The van der Waals surface area contributed by atoms with E-state index in [0.717, 1.165) is 37.2 Å². The van der Waals surface area contributed by atoms with E-state index < -0.39 is 0 Å². The zero-order valence-corrected chi connectivity index (χ0v) is 14.6. The molecule has 2 heterocycles. The highest BCUT2D eigenvalue weighted by Gasteiger charge is 2.27. The first kappa shape index (κ1) is 16.9. The van der Waals surface area contributed by atoms with Gasteiger partial charge in [0.15, 0.2) is 11.5 Å². The van der Waals surface area contributed by atoms with Crippen molar-refractivity contribution >= 4 is 6.03 Å². The quantitative estimate of drug-likeness (QED) is 0.918. The number of carbonyl (C=O) groups excluding carboxylic acids is 1. The number of fused-ring (bicyclic) bond motifs is 1. The van der Waals surface area contributed by atoms with Crippen molar-refractivity contribution in [3.8, 4) is 11.5 Å². The van der Waals surface area contributed by atoms with Crippen molar-refractivity contribution < 1.29 is 19.0 Å². The molecule has 0 bridgehead atoms. The van der Waals surface area contributed by atoms with Crippen LogP contribution in [0.4, 0.5) is 4.79 Å². The first-order valence-electron chi connectivity index (χ1n) is 8.53. The third-order valence-corrected chi connectivity index (χ3v) is 4.88. The van der Waals surface area contributed by atoms with Crippen LogP contribution in [0, 0.1) is 0 Å². The van der Waals surface area contributed by atoms with Crippen LogP contribution < -0.4 is 14.8 Å². The summed E-state index contributed by atoms with van der Waals surface area (Å²) >= 11 is 0. The zero-order chi connectivity index (χ0) is 17.1. The summed E-state index contributed by atoms with van der Waals surface area (Å²) in [6, 6.07) is 3.99. The van der Waals surface area contributed by atoms with Crippen molar-refractivity contribution in [3.63, 3.8) is 0 Å². The summed E-state index contributed by atoms with van der Waals surface area (Å²) in [7, 11) is 3.26. The molecule has 2 amide bonds. The first-order chi connectivity index (χ1) is 11.6. The fourth-order valence-electron chi connectivity index (χ4n) is 3.43. The summed E-state index contributed by atoms with van der Waals surface area (Å²) in [4.78, 5) is 14.4. The fourth-order valence-corrected chi connectivity index (χ4v) is 3.43. The number of hydrogen-bond donors (Lipinski definition) is 1. The minimum Gasteiger partial charge on any atom is -0.493 e. The molecule has 0 aliphatic carbocycles. The number of nitrogens with zero attached hydrogens (tertiary/aromatic N) is 1. The minimum absolute atomic E-state index is 0.0292. The van der Waals surface area contributed by atoms with Gasteiger partial charge in [-0.2, -0.15) is 0 Å². The first-order valence-corrected chi connectivity index (χ1v) is 8.53. The van der Waals surface area contributed by atoms with Crippen molar-refractivity contribution in [1.29, 1.82) is 0 Å². The second-order valence-electron chi connectivity index (χ2n) is 6.44. The van der Waals surface area contributed by atoms with Crippen LogP contribution in [0.2, 0.25) is 0 Å². The van der Waals surface area contributed by atoms with Crippen LogP contribution in [0.3, 0.4) is 0 Å². The van der Waals surface area contributed by atoms with Crippen LogP contribution in [-0.2, 0) is 17.7 Å². The second kappa shape index (κ2) is 7.30. The molecule has 6 heteroatoms. The molecule has 1 aromatic rings. The predicted molar refractivity (Wildman–Crippen MR) is 90.6 cm³/mol. The van der Waals surface area contributed by atoms with Gasteiger partial charge in [0, 0.05) is 19.7 Å². The van der Waals surface area contributed by atoms with Crippen LogP contribution in [0.1, 0.15) is 30.9 Å². The van der Waals surface area contributed by atoms with Crippen molar-refractivity contribution in [2.75, 3.05) is 27.4 Å². The third-order valence-electron chi connectivity index (χ3n) is 4.88. The third kappa shape index (κ3) is 3.43. The molecule has 1 saturated heterocycles. The Morgan fingerprint density at radius 3 is 2.62 bits per heavy atom. The van der Waals surface area contributed by atoms with E-state index >= 15 is 0 Å². The molecule has 1 fully saturated rings. The Morgan fingerprint density at radius 2 is 2.00 bits per heavy atom. The number of urea groups is 1. The number of methoxy groups -OCH3 is 2. The van der Waals surface area contributed by atoms with E-state index in [-0.39, 0.29) is 18.2 Å². The Bertz CT molecular complexity index is 599. The van der Waals surface area contributed by atoms with Gasteiger partial charge in [-0.05, 0) is 49.4 Å². The van der Waals surface area contributed by atoms with Crippen LogP contribution in [-0.4, -0.2) is 50.4 Å². The van der Waals surface area contributed by atoms with Gasteiger partial charge in [0.25, 0.3) is 0 Å². The summed E-state index contributed by atoms with van der Waals surface area (Å²) in [5.74, 6) is 1.44. The molecule has 2 aliphatic rings. The van der Waals surface area contributed by atoms with Crippen LogP contribution >= 0.6 is 0 Å². The molecule has 0 saturated carbocycles. The number of ether oxygens (including phenoxy) is 3. The Morgan fingerprint density at radius 1 is 1.29 bits per heavy atom. The highest BCUT2D eigenvalue weighted by molar-refractivity contribution is 5.75. The molecule has 0 unspecified atom stereocenters. The summed E-state index contributed by atoms with van der Waals surface area (Å²) in [5.41, 5.74) is 2.32. The van der Waals surface area contributed by atoms with Gasteiger partial charge in [-0.15, -0.1) is 0 Å². The van der Waals surface area contributed by atoms with Gasteiger partial charge >= 0.3 is 6.03 Å². The number of rotatable bonds is 4. The van der Waals surface area contributed by atoms with E-state index in [1.54, 1.807) is 14.2 Å². The fraction of sp³-hybridized carbons (Fsp3) is 0.611. The largest absolute Gasteiger partial charge is 0.493 e. The molecular formula is C18H26N2O4. The summed E-state index contributed by atoms with van der Waals surface area (Å²) in [5, 5.41) is 3.08. The lowest BCUT2D eigenvalue weighted by molar-refractivity contribution is 0.0829. The Labute approximate surface area is 143 Å². The van der Waals surface area contributed by atoms with Crippen LogP contribution in [0.15, 0.2) is 12.1 Å². The average Bonchev–Trinajstić information content (AvgIpc) is 3.14. The van der Waals surface area contributed by atoms with E-state index in [9.17, 15) is 4.79 Å². The minimum atomic E-state index is -0.0292. The van der Waals surface area contributed by atoms with E-state index in [4.69, 9.17) is 14.2 Å². The predicted octanol–water partition coefficient (Wildman–Crippen LogP) is 2.34. The Kier molecular flexibility index (Phi) is 5.14. The lowest BCUT2D eigenvalue weighted by Crippen LogP contribution is -2.49. The van der Waals surface area contributed by atoms with E-state index in [1.165, 1.54) is 5.56 Å². The molecule has 0 radical (unpaired) electrons. The molecule has 24 heavy (non-hydrogen) atoms. The monoisotopic (exact) mass is 334 g/mol. The normalized spacial score (nSPS) is 21.1. The molecule has 132 valence electrons. The van der Waals surface area contributed by atoms with Crippen molar-refractivity contribution in [2.45, 2.75) is 44.9 Å². The van der Waals surface area contributed by atoms with Gasteiger partial charge in [-0.1, -0.05) is 0 Å². The average molecular weight is 334 g/mol. The van der Waals surface area contributed by atoms with Gasteiger partial charge in [-0.25, -0.2) is 4.79 Å². The highest BCUT2D eigenvalue weighted by Crippen LogP contribution is 2.33. The molecule has 2 aliphatic heterocycles. The lowest BCUT2D eigenvalue weighted by Gasteiger charge is -2.31. The maximum Gasteiger partial charge on any atom is 0.318 e. The molecular weight excluding hydrogens is 308 g/mol. The van der Waals surface area contributed by atoms with Gasteiger partial charge < -0.3 is 24.4 Å². The van der Waals surface area contributed by atoms with Crippen LogP contribution in [0.25, 0.3) is 0 Å². The molecule has 2 atom stereocenters. The second-order valence-corrected chi connectivity index (χ2v) is 6.44. The van der Waals surface area contributed by atoms with E-state index in [0.29, 0.717) is 18.8 Å². The SMILES string of the molecule is COc1cc2c(cc1OC)CN(C(=O)N[C@H](C)[C@H]1CCCO1)CC2. The molecule has 1 N–H and O–H groups in total. The maximum atomic E-state index is 12.6. The zero-order valence-electron chi connectivity index (χ0n) is 14.6. The standard InChI is InChI=1S/C18H26N2O4/c1-12(15-5-4-8-24-15)19-18(21)20-7-6-13-9-16(22-2)17(23-3)10-14(13)11-20/h9-10,12,15H,4-8,11H2,1-3H3,(H,19,21)/t12-,15-/m1/s1.